The maximum Gasteiger partial charge on any atom is 0.140 e. The third-order valence-corrected chi connectivity index (χ3v) is 6.85. The maximum atomic E-state index is 13.7. The molecule has 0 N–H and O–H groups in total. The van der Waals surface area contributed by atoms with Crippen LogP contribution in [-0.4, -0.2) is 40.5 Å². The monoisotopic (exact) mass is 549 g/mol. The Balaban J connectivity index is 1.44. The molecule has 36 heavy (non-hydrogen) atoms. The molecule has 5 nitrogen and oxygen atoms in total. The molecule has 1 fully saturated rings. The Hall–Kier alpha value is -3.00. The number of ether oxygens (including phenoxy) is 2. The number of nitrogens with zero attached hydrogens (tertiary/aromatic N) is 3. The summed E-state index contributed by atoms with van der Waals surface area (Å²) in [4.78, 5) is 2.36. The Labute approximate surface area is 219 Å². The van der Waals surface area contributed by atoms with Crippen molar-refractivity contribution in [3.8, 4) is 22.7 Å². The van der Waals surface area contributed by atoms with Gasteiger partial charge < -0.3 is 9.47 Å². The fraction of sp³-hybridized carbons (Fsp3) is 0.276. The van der Waals surface area contributed by atoms with Crippen LogP contribution in [0.3, 0.4) is 0 Å². The van der Waals surface area contributed by atoms with Crippen LogP contribution in [0.25, 0.3) is 16.9 Å². The molecule has 5 rings (SSSR count). The summed E-state index contributed by atoms with van der Waals surface area (Å²) in [5, 5.41) is 4.92. The van der Waals surface area contributed by atoms with Gasteiger partial charge in [0.25, 0.3) is 0 Å². The van der Waals surface area contributed by atoms with Crippen molar-refractivity contribution in [2.45, 2.75) is 32.6 Å². The van der Waals surface area contributed by atoms with Gasteiger partial charge in [-0.1, -0.05) is 28.1 Å². The first-order chi connectivity index (χ1) is 17.5. The van der Waals surface area contributed by atoms with Gasteiger partial charge in [0.1, 0.15) is 17.8 Å². The number of halogens is 2. The Morgan fingerprint density at radius 2 is 1.75 bits per heavy atom. The summed E-state index contributed by atoms with van der Waals surface area (Å²) in [6.45, 7) is 6.42. The van der Waals surface area contributed by atoms with E-state index in [-0.39, 0.29) is 18.1 Å². The molecule has 2 atom stereocenters. The summed E-state index contributed by atoms with van der Waals surface area (Å²) in [5.41, 5.74) is 4.82. The second kappa shape index (κ2) is 10.9. The molecule has 1 aromatic heterocycles. The first kappa shape index (κ1) is 24.7. The van der Waals surface area contributed by atoms with Crippen LogP contribution in [0, 0.1) is 5.82 Å². The lowest BCUT2D eigenvalue weighted by atomic mass is 10.1. The molecule has 7 heteroatoms. The first-order valence-electron chi connectivity index (χ1n) is 12.2. The van der Waals surface area contributed by atoms with Gasteiger partial charge in [0.15, 0.2) is 0 Å². The van der Waals surface area contributed by atoms with E-state index >= 15 is 0 Å². The molecule has 3 aromatic carbocycles. The zero-order valence-electron chi connectivity index (χ0n) is 20.4. The average molecular weight is 550 g/mol. The molecule has 0 aliphatic carbocycles. The zero-order valence-corrected chi connectivity index (χ0v) is 22.0. The molecule has 1 aliphatic rings. The molecule has 1 aliphatic heterocycles. The molecule has 0 radical (unpaired) electrons. The highest BCUT2D eigenvalue weighted by atomic mass is 79.9. The van der Waals surface area contributed by atoms with Crippen molar-refractivity contribution in [3.05, 3.63) is 100 Å². The summed E-state index contributed by atoms with van der Waals surface area (Å²) in [6.07, 6.45) is 2.78. The van der Waals surface area contributed by atoms with Crippen LogP contribution in [0.4, 0.5) is 4.39 Å². The topological polar surface area (TPSA) is 39.5 Å². The van der Waals surface area contributed by atoms with Crippen molar-refractivity contribution in [2.75, 3.05) is 19.7 Å². The normalized spacial score (nSPS) is 18.0. The minimum atomic E-state index is -0.268. The molecule has 0 bridgehead atoms. The summed E-state index contributed by atoms with van der Waals surface area (Å²) in [6, 6.07) is 22.8. The van der Waals surface area contributed by atoms with Crippen LogP contribution in [0.2, 0.25) is 0 Å². The highest BCUT2D eigenvalue weighted by Gasteiger charge is 2.34. The van der Waals surface area contributed by atoms with Crippen LogP contribution in [0.5, 0.6) is 5.75 Å². The van der Waals surface area contributed by atoms with E-state index in [0.29, 0.717) is 6.61 Å². The number of aromatic nitrogens is 2. The van der Waals surface area contributed by atoms with Crippen molar-refractivity contribution in [3.63, 3.8) is 0 Å². The van der Waals surface area contributed by atoms with Gasteiger partial charge in [-0.05, 0) is 86.5 Å². The predicted octanol–water partition coefficient (Wildman–Crippen LogP) is 6.80. The quantitative estimate of drug-likeness (QED) is 0.242. The van der Waals surface area contributed by atoms with Gasteiger partial charge in [0.2, 0.25) is 0 Å². The molecule has 1 saturated heterocycles. The first-order valence-corrected chi connectivity index (χ1v) is 13.0. The van der Waals surface area contributed by atoms with E-state index in [9.17, 15) is 4.39 Å². The number of benzene rings is 3. The summed E-state index contributed by atoms with van der Waals surface area (Å²) >= 11 is 3.50. The maximum absolute atomic E-state index is 13.7. The van der Waals surface area contributed by atoms with Gasteiger partial charge in [0.05, 0.1) is 24.1 Å². The summed E-state index contributed by atoms with van der Waals surface area (Å²) in [5.74, 6) is 0.622. The van der Waals surface area contributed by atoms with Crippen molar-refractivity contribution in [2.24, 2.45) is 0 Å². The van der Waals surface area contributed by atoms with Crippen molar-refractivity contribution >= 4 is 15.9 Å². The second-order valence-corrected chi connectivity index (χ2v) is 9.90. The standard InChI is InChI=1S/C29H29BrFN3O2/c1-3-35-26-14-4-21(5-15-26)16-17-33-18-20(2)36-29(33)27-19-34(25-12-8-23(30)9-13-25)32-28(27)22-6-10-24(31)11-7-22/h4-15,19-20,29H,3,16-18H2,1-2H3/t20-,29+/m1/s1. The number of hydrogen-bond acceptors (Lipinski definition) is 4. The van der Waals surface area contributed by atoms with E-state index in [2.05, 4.69) is 39.9 Å². The lowest BCUT2D eigenvalue weighted by Gasteiger charge is -2.23. The molecule has 0 spiro atoms. The van der Waals surface area contributed by atoms with Gasteiger partial charge in [-0.3, -0.25) is 4.90 Å². The number of rotatable bonds is 8. The van der Waals surface area contributed by atoms with Crippen LogP contribution in [0.1, 0.15) is 31.2 Å². The molecule has 0 amide bonds. The third-order valence-electron chi connectivity index (χ3n) is 6.32. The largest absolute Gasteiger partial charge is 0.494 e. The predicted molar refractivity (Wildman–Crippen MR) is 143 cm³/mol. The lowest BCUT2D eigenvalue weighted by molar-refractivity contribution is 0.00521. The molecule has 0 saturated carbocycles. The van der Waals surface area contributed by atoms with Gasteiger partial charge in [-0.15, -0.1) is 0 Å². The van der Waals surface area contributed by atoms with E-state index in [0.717, 1.165) is 52.2 Å². The summed E-state index contributed by atoms with van der Waals surface area (Å²) < 4.78 is 28.6. The Bertz CT molecular complexity index is 1290. The Kier molecular flexibility index (Phi) is 7.51. The minimum Gasteiger partial charge on any atom is -0.494 e. The van der Waals surface area contributed by atoms with Crippen LogP contribution < -0.4 is 4.74 Å². The Morgan fingerprint density at radius 3 is 2.44 bits per heavy atom. The third kappa shape index (κ3) is 5.53. The van der Waals surface area contributed by atoms with Crippen LogP contribution in [-0.2, 0) is 11.2 Å². The van der Waals surface area contributed by atoms with E-state index in [4.69, 9.17) is 14.6 Å². The van der Waals surface area contributed by atoms with Gasteiger partial charge in [-0.25, -0.2) is 9.07 Å². The second-order valence-electron chi connectivity index (χ2n) is 8.98. The van der Waals surface area contributed by atoms with E-state index in [1.807, 2.05) is 54.2 Å². The fourth-order valence-corrected chi connectivity index (χ4v) is 4.84. The molecule has 186 valence electrons. The van der Waals surface area contributed by atoms with Crippen LogP contribution >= 0.6 is 15.9 Å². The van der Waals surface area contributed by atoms with Crippen molar-refractivity contribution in [1.29, 1.82) is 0 Å². The molecular weight excluding hydrogens is 521 g/mol. The minimum absolute atomic E-state index is 0.0902. The molecular formula is C29H29BrFN3O2. The number of hydrogen-bond donors (Lipinski definition) is 0. The average Bonchev–Trinajstić information content (AvgIpc) is 3.48. The van der Waals surface area contributed by atoms with Gasteiger partial charge >= 0.3 is 0 Å². The molecule has 0 unspecified atom stereocenters. The summed E-state index contributed by atoms with van der Waals surface area (Å²) in [7, 11) is 0. The fourth-order valence-electron chi connectivity index (χ4n) is 4.57. The smallest absolute Gasteiger partial charge is 0.140 e. The highest BCUT2D eigenvalue weighted by Crippen LogP contribution is 2.37. The van der Waals surface area contributed by atoms with E-state index in [1.165, 1.54) is 17.7 Å². The SMILES string of the molecule is CCOc1ccc(CCN2C[C@@H](C)O[C@H]2c2cn(-c3ccc(Br)cc3)nc2-c2ccc(F)cc2)cc1. The van der Waals surface area contributed by atoms with E-state index in [1.54, 1.807) is 12.1 Å². The van der Waals surface area contributed by atoms with Gasteiger partial charge in [-0.2, -0.15) is 5.10 Å². The lowest BCUT2D eigenvalue weighted by Crippen LogP contribution is -2.27. The molecule has 2 heterocycles. The van der Waals surface area contributed by atoms with Crippen molar-refractivity contribution < 1.29 is 13.9 Å². The van der Waals surface area contributed by atoms with E-state index < -0.39 is 0 Å². The van der Waals surface area contributed by atoms with Crippen molar-refractivity contribution in [1.82, 2.24) is 14.7 Å². The molecule has 4 aromatic rings. The highest BCUT2D eigenvalue weighted by molar-refractivity contribution is 9.10. The van der Waals surface area contributed by atoms with Crippen LogP contribution in [0.15, 0.2) is 83.5 Å². The zero-order chi connectivity index (χ0) is 25.1. The Morgan fingerprint density at radius 1 is 1.03 bits per heavy atom. The van der Waals surface area contributed by atoms with Gasteiger partial charge in [0, 0.05) is 34.9 Å².